The summed E-state index contributed by atoms with van der Waals surface area (Å²) in [5.41, 5.74) is 1.29. The molecule has 88 valence electrons. The first kappa shape index (κ1) is 13.3. The Morgan fingerprint density at radius 1 is 1.50 bits per heavy atom. The molecule has 16 heavy (non-hydrogen) atoms. The summed E-state index contributed by atoms with van der Waals surface area (Å²) < 4.78 is 29.1. The van der Waals surface area contributed by atoms with Gasteiger partial charge in [-0.2, -0.15) is 8.78 Å². The fraction of sp³-hybridized carbons (Fsp3) is 0.364. The Balaban J connectivity index is 3.22. The van der Waals surface area contributed by atoms with E-state index in [1.807, 2.05) is 29.5 Å². The van der Waals surface area contributed by atoms with E-state index in [1.165, 1.54) is 13.0 Å². The third-order valence-electron chi connectivity index (χ3n) is 2.13. The number of hydrogen-bond donors (Lipinski definition) is 0. The van der Waals surface area contributed by atoms with Crippen molar-refractivity contribution in [2.75, 3.05) is 0 Å². The van der Waals surface area contributed by atoms with Crippen molar-refractivity contribution in [2.45, 2.75) is 26.9 Å². The van der Waals surface area contributed by atoms with Crippen molar-refractivity contribution >= 4 is 28.4 Å². The van der Waals surface area contributed by atoms with E-state index in [2.05, 4.69) is 4.74 Å². The number of hydrogen-bond acceptors (Lipinski definition) is 2. The third kappa shape index (κ3) is 3.13. The van der Waals surface area contributed by atoms with Gasteiger partial charge in [0, 0.05) is 5.56 Å². The minimum Gasteiger partial charge on any atom is -0.434 e. The molecule has 0 aromatic heterocycles. The summed E-state index contributed by atoms with van der Waals surface area (Å²) in [6, 6.07) is 3.09. The molecule has 0 fully saturated rings. The highest BCUT2D eigenvalue weighted by Crippen LogP contribution is 2.27. The maximum atomic E-state index is 12.1. The van der Waals surface area contributed by atoms with Gasteiger partial charge in [-0.3, -0.25) is 4.79 Å². The number of ketones is 1. The number of carbonyl (C=O) groups excluding carboxylic acids is 1. The van der Waals surface area contributed by atoms with Gasteiger partial charge >= 0.3 is 6.61 Å². The van der Waals surface area contributed by atoms with Gasteiger partial charge in [0.25, 0.3) is 0 Å². The number of halogens is 3. The van der Waals surface area contributed by atoms with Crippen molar-refractivity contribution in [1.82, 2.24) is 0 Å². The Bertz CT molecular complexity index is 405. The molecular weight excluding hydrogens is 329 g/mol. The molecule has 0 saturated heterocycles. The van der Waals surface area contributed by atoms with Gasteiger partial charge in [-0.1, -0.05) is 6.92 Å². The first-order valence-corrected chi connectivity index (χ1v) is 5.81. The minimum absolute atomic E-state index is 0.0537. The highest BCUT2D eigenvalue weighted by atomic mass is 127. The summed E-state index contributed by atoms with van der Waals surface area (Å²) in [4.78, 5) is 11.3. The van der Waals surface area contributed by atoms with Crippen LogP contribution in [0.3, 0.4) is 0 Å². The quantitative estimate of drug-likeness (QED) is 0.618. The molecule has 5 heteroatoms. The number of aryl methyl sites for hydroxylation is 1. The van der Waals surface area contributed by atoms with Gasteiger partial charge in [-0.25, -0.2) is 0 Å². The van der Waals surface area contributed by atoms with Crippen molar-refractivity contribution in [3.63, 3.8) is 0 Å². The van der Waals surface area contributed by atoms with E-state index >= 15 is 0 Å². The average molecular weight is 340 g/mol. The molecule has 0 radical (unpaired) electrons. The van der Waals surface area contributed by atoms with Crippen LogP contribution in [0.1, 0.15) is 29.8 Å². The van der Waals surface area contributed by atoms with Crippen LogP contribution in [-0.2, 0) is 6.42 Å². The van der Waals surface area contributed by atoms with Gasteiger partial charge in [0.05, 0.1) is 3.57 Å². The lowest BCUT2D eigenvalue weighted by atomic mass is 10.0. The Hall–Kier alpha value is -0.720. The zero-order valence-corrected chi connectivity index (χ0v) is 11.0. The van der Waals surface area contributed by atoms with Crippen LogP contribution < -0.4 is 4.74 Å². The molecule has 0 N–H and O–H groups in total. The molecule has 1 rings (SSSR count). The van der Waals surface area contributed by atoms with E-state index in [4.69, 9.17) is 0 Å². The predicted octanol–water partition coefficient (Wildman–Crippen LogP) is 3.66. The molecule has 0 amide bonds. The summed E-state index contributed by atoms with van der Waals surface area (Å²) >= 11 is 1.91. The largest absolute Gasteiger partial charge is 0.434 e. The molecule has 0 spiro atoms. The summed E-state index contributed by atoms with van der Waals surface area (Å²) in [7, 11) is 0. The van der Waals surface area contributed by atoms with Crippen LogP contribution >= 0.6 is 22.6 Å². The number of Topliss-reactive ketones (excluding diaryl/α,β-unsaturated/α-hetero) is 1. The molecular formula is C11H11F2IO2. The lowest BCUT2D eigenvalue weighted by molar-refractivity contribution is -0.0504. The predicted molar refractivity (Wildman–Crippen MR) is 65.2 cm³/mol. The monoisotopic (exact) mass is 340 g/mol. The fourth-order valence-corrected chi connectivity index (χ4v) is 2.06. The first-order valence-electron chi connectivity index (χ1n) is 4.73. The van der Waals surface area contributed by atoms with Gasteiger partial charge in [0.1, 0.15) is 5.75 Å². The molecule has 0 saturated carbocycles. The molecule has 0 heterocycles. The fourth-order valence-electron chi connectivity index (χ4n) is 1.40. The SMILES string of the molecule is CCc1cc(I)c(OC(F)F)cc1C(C)=O. The molecule has 0 aliphatic carbocycles. The van der Waals surface area contributed by atoms with E-state index in [1.54, 1.807) is 6.07 Å². The second-order valence-corrected chi connectivity index (χ2v) is 4.39. The van der Waals surface area contributed by atoms with Crippen LogP contribution in [0.15, 0.2) is 12.1 Å². The van der Waals surface area contributed by atoms with Gasteiger partial charge in [0.15, 0.2) is 5.78 Å². The standard InChI is InChI=1S/C11H11F2IO2/c1-3-7-4-9(14)10(16-11(12)13)5-8(7)6(2)15/h4-5,11H,3H2,1-2H3. The maximum absolute atomic E-state index is 12.1. The summed E-state index contributed by atoms with van der Waals surface area (Å²) in [6.07, 6.45) is 0.680. The summed E-state index contributed by atoms with van der Waals surface area (Å²) in [5, 5.41) is 0. The van der Waals surface area contributed by atoms with Crippen molar-refractivity contribution in [1.29, 1.82) is 0 Å². The zero-order valence-electron chi connectivity index (χ0n) is 8.89. The van der Waals surface area contributed by atoms with Gasteiger partial charge in [-0.05, 0) is 53.6 Å². The second kappa shape index (κ2) is 5.56. The highest BCUT2D eigenvalue weighted by Gasteiger charge is 2.14. The summed E-state index contributed by atoms with van der Waals surface area (Å²) in [6.45, 7) is 0.444. The molecule has 0 aliphatic heterocycles. The third-order valence-corrected chi connectivity index (χ3v) is 2.98. The molecule has 0 unspecified atom stereocenters. The lowest BCUT2D eigenvalue weighted by Gasteiger charge is -2.11. The normalized spacial score (nSPS) is 10.6. The van der Waals surface area contributed by atoms with Crippen LogP contribution in [0, 0.1) is 3.57 Å². The van der Waals surface area contributed by atoms with Crippen LogP contribution in [0.2, 0.25) is 0 Å². The summed E-state index contributed by atoms with van der Waals surface area (Å²) in [5.74, 6) is -0.0923. The zero-order chi connectivity index (χ0) is 12.3. The number of carbonyl (C=O) groups is 1. The Labute approximate surface area is 106 Å². The van der Waals surface area contributed by atoms with Crippen molar-refractivity contribution in [3.8, 4) is 5.75 Å². The lowest BCUT2D eigenvalue weighted by Crippen LogP contribution is -2.07. The van der Waals surface area contributed by atoms with Crippen LogP contribution in [0.25, 0.3) is 0 Å². The number of benzene rings is 1. The van der Waals surface area contributed by atoms with Crippen LogP contribution in [0.5, 0.6) is 5.75 Å². The Morgan fingerprint density at radius 3 is 2.56 bits per heavy atom. The van der Waals surface area contributed by atoms with E-state index < -0.39 is 6.61 Å². The smallest absolute Gasteiger partial charge is 0.387 e. The molecule has 1 aromatic rings. The van der Waals surface area contributed by atoms with Crippen molar-refractivity contribution in [3.05, 3.63) is 26.8 Å². The number of alkyl halides is 2. The van der Waals surface area contributed by atoms with Gasteiger partial charge in [-0.15, -0.1) is 0 Å². The molecule has 1 aromatic carbocycles. The van der Waals surface area contributed by atoms with Crippen molar-refractivity contribution < 1.29 is 18.3 Å². The van der Waals surface area contributed by atoms with Crippen LogP contribution in [0.4, 0.5) is 8.78 Å². The Morgan fingerprint density at radius 2 is 2.12 bits per heavy atom. The average Bonchev–Trinajstić information content (AvgIpc) is 2.19. The number of rotatable bonds is 4. The minimum atomic E-state index is -2.87. The van der Waals surface area contributed by atoms with E-state index in [-0.39, 0.29) is 11.5 Å². The maximum Gasteiger partial charge on any atom is 0.387 e. The molecule has 2 nitrogen and oxygen atoms in total. The molecule has 0 atom stereocenters. The van der Waals surface area contributed by atoms with E-state index in [0.717, 1.165) is 5.56 Å². The number of ether oxygens (including phenoxy) is 1. The second-order valence-electron chi connectivity index (χ2n) is 3.23. The Kier molecular flexibility index (Phi) is 4.64. The highest BCUT2D eigenvalue weighted by molar-refractivity contribution is 14.1. The van der Waals surface area contributed by atoms with Crippen LogP contribution in [-0.4, -0.2) is 12.4 Å². The molecule has 0 bridgehead atoms. The van der Waals surface area contributed by atoms with Crippen molar-refractivity contribution in [2.24, 2.45) is 0 Å². The molecule has 0 aliphatic rings. The topological polar surface area (TPSA) is 26.3 Å². The van der Waals surface area contributed by atoms with Gasteiger partial charge < -0.3 is 4.74 Å². The van der Waals surface area contributed by atoms with Gasteiger partial charge in [0.2, 0.25) is 0 Å². The van der Waals surface area contributed by atoms with E-state index in [9.17, 15) is 13.6 Å². The first-order chi connectivity index (χ1) is 7.45. The van der Waals surface area contributed by atoms with E-state index in [0.29, 0.717) is 15.6 Å².